The van der Waals surface area contributed by atoms with Crippen molar-refractivity contribution in [3.63, 3.8) is 0 Å². The molecule has 1 aromatic rings. The summed E-state index contributed by atoms with van der Waals surface area (Å²) in [5, 5.41) is 0. The van der Waals surface area contributed by atoms with Gasteiger partial charge in [-0.15, -0.1) is 0 Å². The maximum absolute atomic E-state index is 5.69. The van der Waals surface area contributed by atoms with E-state index in [0.29, 0.717) is 10.6 Å². The molecular weight excluding hydrogens is 206 g/mol. The molecule has 15 heavy (non-hydrogen) atoms. The van der Waals surface area contributed by atoms with Gasteiger partial charge in [-0.3, -0.25) is 0 Å². The van der Waals surface area contributed by atoms with Crippen molar-refractivity contribution in [1.82, 2.24) is 4.98 Å². The van der Waals surface area contributed by atoms with E-state index in [1.807, 2.05) is 23.9 Å². The number of hydrogen-bond donors (Lipinski definition) is 1. The Kier molecular flexibility index (Phi) is 2.78. The molecule has 82 valence electrons. The number of rotatable bonds is 1. The van der Waals surface area contributed by atoms with Crippen LogP contribution >= 0.6 is 11.8 Å². The molecule has 0 spiro atoms. The molecule has 0 aliphatic carbocycles. The average Bonchev–Trinajstić information content (AvgIpc) is 2.16. The highest BCUT2D eigenvalue weighted by atomic mass is 32.2. The molecule has 1 saturated heterocycles. The molecule has 1 aliphatic heterocycles. The fourth-order valence-electron chi connectivity index (χ4n) is 1.87. The second kappa shape index (κ2) is 3.93. The number of thioether (sulfide) groups is 1. The number of nitrogens with two attached hydrogens (primary N) is 1. The number of hydrogen-bond acceptors (Lipinski definition) is 4. The molecule has 4 heteroatoms. The molecule has 0 saturated carbocycles. The van der Waals surface area contributed by atoms with Crippen LogP contribution in [0.5, 0.6) is 0 Å². The van der Waals surface area contributed by atoms with Crippen molar-refractivity contribution >= 4 is 23.3 Å². The van der Waals surface area contributed by atoms with Gasteiger partial charge in [0.05, 0.1) is 0 Å². The van der Waals surface area contributed by atoms with Crippen LogP contribution in [0.4, 0.5) is 11.5 Å². The van der Waals surface area contributed by atoms with E-state index in [2.05, 4.69) is 23.7 Å². The Bertz CT molecular complexity index is 351. The minimum atomic E-state index is 0.330. The summed E-state index contributed by atoms with van der Waals surface area (Å²) in [4.78, 5) is 6.40. The van der Waals surface area contributed by atoms with Crippen LogP contribution in [0.2, 0.25) is 0 Å². The average molecular weight is 223 g/mol. The van der Waals surface area contributed by atoms with E-state index in [-0.39, 0.29) is 0 Å². The van der Waals surface area contributed by atoms with Crippen LogP contribution in [-0.2, 0) is 0 Å². The first-order valence-electron chi connectivity index (χ1n) is 5.17. The number of aromatic nitrogens is 1. The van der Waals surface area contributed by atoms with Crippen LogP contribution in [0.3, 0.4) is 0 Å². The van der Waals surface area contributed by atoms with Crippen molar-refractivity contribution in [2.45, 2.75) is 18.6 Å². The SMILES string of the molecule is CC1(C)CN(c2ccnc(N)c2)CCS1. The van der Waals surface area contributed by atoms with Crippen molar-refractivity contribution in [2.75, 3.05) is 29.5 Å². The Hall–Kier alpha value is -0.900. The molecule has 0 amide bonds. The van der Waals surface area contributed by atoms with Crippen molar-refractivity contribution in [3.05, 3.63) is 18.3 Å². The smallest absolute Gasteiger partial charge is 0.125 e. The molecule has 2 rings (SSSR count). The third kappa shape index (κ3) is 2.56. The van der Waals surface area contributed by atoms with Gasteiger partial charge in [0.1, 0.15) is 5.82 Å². The molecule has 0 bridgehead atoms. The molecule has 1 aromatic heterocycles. The molecule has 0 aromatic carbocycles. The fourth-order valence-corrected chi connectivity index (χ4v) is 2.98. The number of anilines is 2. The Morgan fingerprint density at radius 2 is 2.33 bits per heavy atom. The second-order valence-corrected chi connectivity index (χ2v) is 6.27. The van der Waals surface area contributed by atoms with Crippen LogP contribution in [0.1, 0.15) is 13.8 Å². The van der Waals surface area contributed by atoms with E-state index in [1.54, 1.807) is 6.20 Å². The van der Waals surface area contributed by atoms with E-state index in [0.717, 1.165) is 13.1 Å². The quantitative estimate of drug-likeness (QED) is 0.790. The lowest BCUT2D eigenvalue weighted by Gasteiger charge is -2.38. The van der Waals surface area contributed by atoms with Crippen LogP contribution in [0.15, 0.2) is 18.3 Å². The van der Waals surface area contributed by atoms with Gasteiger partial charge >= 0.3 is 0 Å². The third-order valence-corrected chi connectivity index (χ3v) is 3.85. The van der Waals surface area contributed by atoms with Gasteiger partial charge in [0.25, 0.3) is 0 Å². The van der Waals surface area contributed by atoms with Gasteiger partial charge in [0, 0.05) is 41.5 Å². The van der Waals surface area contributed by atoms with Crippen molar-refractivity contribution in [2.24, 2.45) is 0 Å². The highest BCUT2D eigenvalue weighted by molar-refractivity contribution is 8.00. The van der Waals surface area contributed by atoms with Crippen molar-refractivity contribution in [3.8, 4) is 0 Å². The number of nitrogen functional groups attached to an aromatic ring is 1. The number of pyridine rings is 1. The highest BCUT2D eigenvalue weighted by Crippen LogP contribution is 2.32. The minimum Gasteiger partial charge on any atom is -0.384 e. The molecule has 3 nitrogen and oxygen atoms in total. The van der Waals surface area contributed by atoms with E-state index in [4.69, 9.17) is 5.73 Å². The maximum Gasteiger partial charge on any atom is 0.125 e. The third-order valence-electron chi connectivity index (χ3n) is 2.56. The predicted molar refractivity (Wildman–Crippen MR) is 67.4 cm³/mol. The monoisotopic (exact) mass is 223 g/mol. The summed E-state index contributed by atoms with van der Waals surface area (Å²) in [7, 11) is 0. The molecule has 1 fully saturated rings. The van der Waals surface area contributed by atoms with E-state index < -0.39 is 0 Å². The zero-order valence-corrected chi connectivity index (χ0v) is 10.0. The van der Waals surface area contributed by atoms with E-state index in [9.17, 15) is 0 Å². The van der Waals surface area contributed by atoms with Gasteiger partial charge in [-0.2, -0.15) is 11.8 Å². The molecule has 1 aliphatic rings. The lowest BCUT2D eigenvalue weighted by molar-refractivity contribution is 0.647. The van der Waals surface area contributed by atoms with Crippen LogP contribution in [0, 0.1) is 0 Å². The van der Waals surface area contributed by atoms with Gasteiger partial charge < -0.3 is 10.6 Å². The zero-order valence-electron chi connectivity index (χ0n) is 9.23. The molecule has 0 radical (unpaired) electrons. The first-order valence-corrected chi connectivity index (χ1v) is 6.16. The summed E-state index contributed by atoms with van der Waals surface area (Å²) in [6, 6.07) is 3.98. The maximum atomic E-state index is 5.69. The molecule has 2 heterocycles. The second-order valence-electron chi connectivity index (χ2n) is 4.47. The Morgan fingerprint density at radius 1 is 1.53 bits per heavy atom. The summed E-state index contributed by atoms with van der Waals surface area (Å²) in [5.74, 6) is 1.78. The van der Waals surface area contributed by atoms with Crippen LogP contribution in [-0.4, -0.2) is 28.6 Å². The van der Waals surface area contributed by atoms with Gasteiger partial charge in [-0.25, -0.2) is 4.98 Å². The molecule has 0 atom stereocenters. The van der Waals surface area contributed by atoms with E-state index in [1.165, 1.54) is 11.4 Å². The van der Waals surface area contributed by atoms with Gasteiger partial charge in [0.15, 0.2) is 0 Å². The fraction of sp³-hybridized carbons (Fsp3) is 0.545. The van der Waals surface area contributed by atoms with Crippen molar-refractivity contribution in [1.29, 1.82) is 0 Å². The largest absolute Gasteiger partial charge is 0.384 e. The topological polar surface area (TPSA) is 42.2 Å². The lowest BCUT2D eigenvalue weighted by Crippen LogP contribution is -2.43. The van der Waals surface area contributed by atoms with Crippen LogP contribution in [0.25, 0.3) is 0 Å². The lowest BCUT2D eigenvalue weighted by atomic mass is 10.1. The first-order chi connectivity index (χ1) is 7.07. The standard InChI is InChI=1S/C11H17N3S/c1-11(2)8-14(5-6-15-11)9-3-4-13-10(12)7-9/h3-4,7H,5-6,8H2,1-2H3,(H2,12,13). The normalized spacial score (nSPS) is 20.3. The number of nitrogens with zero attached hydrogens (tertiary/aromatic N) is 2. The van der Waals surface area contributed by atoms with Crippen molar-refractivity contribution < 1.29 is 0 Å². The summed E-state index contributed by atoms with van der Waals surface area (Å²) >= 11 is 2.03. The molecule has 2 N–H and O–H groups in total. The van der Waals surface area contributed by atoms with Gasteiger partial charge in [0.2, 0.25) is 0 Å². The Balaban J connectivity index is 2.17. The zero-order chi connectivity index (χ0) is 10.9. The summed E-state index contributed by atoms with van der Waals surface area (Å²) < 4.78 is 0.330. The van der Waals surface area contributed by atoms with Gasteiger partial charge in [-0.05, 0) is 19.9 Å². The molecule has 0 unspecified atom stereocenters. The highest BCUT2D eigenvalue weighted by Gasteiger charge is 2.27. The van der Waals surface area contributed by atoms with E-state index >= 15 is 0 Å². The first kappa shape index (κ1) is 10.6. The van der Waals surface area contributed by atoms with Gasteiger partial charge in [-0.1, -0.05) is 0 Å². The molecular formula is C11H17N3S. The minimum absolute atomic E-state index is 0.330. The Labute approximate surface area is 95.1 Å². The summed E-state index contributed by atoms with van der Waals surface area (Å²) in [6.45, 7) is 6.74. The Morgan fingerprint density at radius 3 is 3.00 bits per heavy atom. The summed E-state index contributed by atoms with van der Waals surface area (Å²) in [5.41, 5.74) is 6.88. The summed E-state index contributed by atoms with van der Waals surface area (Å²) in [6.07, 6.45) is 1.78. The van der Waals surface area contributed by atoms with Crippen LogP contribution < -0.4 is 10.6 Å². The predicted octanol–water partition coefficient (Wildman–Crippen LogP) is 2.00.